The number of hydrogen-bond acceptors (Lipinski definition) is 4. The summed E-state index contributed by atoms with van der Waals surface area (Å²) in [5.41, 5.74) is 0.844. The highest BCUT2D eigenvalue weighted by Gasteiger charge is 2.32. The Balaban J connectivity index is 1.64. The molecule has 0 unspecified atom stereocenters. The Kier molecular flexibility index (Phi) is 4.29. The van der Waals surface area contributed by atoms with Gasteiger partial charge in [-0.15, -0.1) is 0 Å². The van der Waals surface area contributed by atoms with E-state index >= 15 is 0 Å². The number of carbonyl (C=O) groups excluding carboxylic acids is 2. The summed E-state index contributed by atoms with van der Waals surface area (Å²) in [7, 11) is 1.61. The SMILES string of the molecule is COc1ccc(N2CCN(C(=O)[C@H]3CCCN3)CC2=O)cc1. The molecule has 2 amide bonds. The number of rotatable bonds is 3. The fraction of sp³-hybridized carbons (Fsp3) is 0.500. The van der Waals surface area contributed by atoms with Crippen molar-refractivity contribution in [1.29, 1.82) is 0 Å². The highest BCUT2D eigenvalue weighted by molar-refractivity contribution is 5.98. The van der Waals surface area contributed by atoms with Gasteiger partial charge in [-0.3, -0.25) is 9.59 Å². The molecule has 0 aromatic heterocycles. The predicted octanol–water partition coefficient (Wildman–Crippen LogP) is 0.622. The lowest BCUT2D eigenvalue weighted by atomic mass is 10.1. The van der Waals surface area contributed by atoms with Crippen LogP contribution in [0.3, 0.4) is 0 Å². The average Bonchev–Trinajstić information content (AvgIpc) is 3.09. The molecule has 1 aromatic carbocycles. The molecule has 1 atom stereocenters. The van der Waals surface area contributed by atoms with E-state index in [1.54, 1.807) is 16.9 Å². The number of carbonyl (C=O) groups is 2. The minimum Gasteiger partial charge on any atom is -0.497 e. The standard InChI is InChI=1S/C16H21N3O3/c1-22-13-6-4-12(5-7-13)19-10-9-18(11-15(19)20)16(21)14-3-2-8-17-14/h4-7,14,17H,2-3,8-11H2,1H3/t14-/m1/s1. The van der Waals surface area contributed by atoms with E-state index in [0.29, 0.717) is 13.1 Å². The number of methoxy groups -OCH3 is 1. The first-order valence-corrected chi connectivity index (χ1v) is 7.65. The minimum absolute atomic E-state index is 0.0391. The summed E-state index contributed by atoms with van der Waals surface area (Å²) in [6, 6.07) is 7.30. The van der Waals surface area contributed by atoms with Crippen LogP contribution in [0, 0.1) is 0 Å². The summed E-state index contributed by atoms with van der Waals surface area (Å²) in [6.07, 6.45) is 1.89. The number of amides is 2. The first kappa shape index (κ1) is 14.8. The first-order valence-electron chi connectivity index (χ1n) is 7.65. The molecule has 0 radical (unpaired) electrons. The van der Waals surface area contributed by atoms with Crippen LogP contribution in [-0.2, 0) is 9.59 Å². The van der Waals surface area contributed by atoms with Gasteiger partial charge in [0.05, 0.1) is 13.2 Å². The normalized spacial score (nSPS) is 22.0. The Morgan fingerprint density at radius 2 is 2.05 bits per heavy atom. The predicted molar refractivity (Wildman–Crippen MR) is 83.0 cm³/mol. The van der Waals surface area contributed by atoms with Crippen LogP contribution in [0.5, 0.6) is 5.75 Å². The van der Waals surface area contributed by atoms with E-state index in [1.807, 2.05) is 24.3 Å². The monoisotopic (exact) mass is 303 g/mol. The topological polar surface area (TPSA) is 61.9 Å². The molecule has 2 aliphatic rings. The van der Waals surface area contributed by atoms with E-state index in [-0.39, 0.29) is 24.4 Å². The van der Waals surface area contributed by atoms with Gasteiger partial charge in [-0.05, 0) is 43.7 Å². The second kappa shape index (κ2) is 6.36. The summed E-state index contributed by atoms with van der Waals surface area (Å²) in [5, 5.41) is 3.19. The van der Waals surface area contributed by atoms with E-state index in [0.717, 1.165) is 30.8 Å². The quantitative estimate of drug-likeness (QED) is 0.889. The Bertz CT molecular complexity index is 552. The number of ether oxygens (including phenoxy) is 1. The molecular weight excluding hydrogens is 282 g/mol. The number of nitrogens with zero attached hydrogens (tertiary/aromatic N) is 2. The van der Waals surface area contributed by atoms with Crippen LogP contribution in [-0.4, -0.2) is 56.0 Å². The summed E-state index contributed by atoms with van der Waals surface area (Å²) in [5.74, 6) is 0.778. The lowest BCUT2D eigenvalue weighted by molar-refractivity contribution is -0.138. The summed E-state index contributed by atoms with van der Waals surface area (Å²) < 4.78 is 5.13. The van der Waals surface area contributed by atoms with E-state index in [4.69, 9.17) is 4.74 Å². The van der Waals surface area contributed by atoms with E-state index < -0.39 is 0 Å². The third-order valence-corrected chi connectivity index (χ3v) is 4.27. The molecule has 22 heavy (non-hydrogen) atoms. The van der Waals surface area contributed by atoms with Crippen molar-refractivity contribution in [2.75, 3.05) is 38.2 Å². The van der Waals surface area contributed by atoms with Gasteiger partial charge in [0.1, 0.15) is 12.3 Å². The molecule has 6 nitrogen and oxygen atoms in total. The summed E-state index contributed by atoms with van der Waals surface area (Å²) in [4.78, 5) is 28.1. The molecule has 0 spiro atoms. The van der Waals surface area contributed by atoms with Gasteiger partial charge in [0.25, 0.3) is 0 Å². The van der Waals surface area contributed by atoms with Gasteiger partial charge in [0.2, 0.25) is 11.8 Å². The average molecular weight is 303 g/mol. The molecule has 2 aliphatic heterocycles. The first-order chi connectivity index (χ1) is 10.7. The number of nitrogens with one attached hydrogen (secondary N) is 1. The van der Waals surface area contributed by atoms with Crippen LogP contribution in [0.2, 0.25) is 0 Å². The van der Waals surface area contributed by atoms with E-state index in [9.17, 15) is 9.59 Å². The lowest BCUT2D eigenvalue weighted by Gasteiger charge is -2.35. The Labute approximate surface area is 130 Å². The Morgan fingerprint density at radius 1 is 1.27 bits per heavy atom. The van der Waals surface area contributed by atoms with Crippen LogP contribution < -0.4 is 15.0 Å². The van der Waals surface area contributed by atoms with E-state index in [1.165, 1.54) is 0 Å². The van der Waals surface area contributed by atoms with Crippen molar-refractivity contribution in [3.63, 3.8) is 0 Å². The number of piperazine rings is 1. The minimum atomic E-state index is -0.111. The van der Waals surface area contributed by atoms with Crippen molar-refractivity contribution in [3.8, 4) is 5.75 Å². The zero-order valence-corrected chi connectivity index (χ0v) is 12.7. The van der Waals surface area contributed by atoms with Crippen LogP contribution in [0.15, 0.2) is 24.3 Å². The summed E-state index contributed by atoms with van der Waals surface area (Å²) >= 11 is 0. The molecule has 1 N–H and O–H groups in total. The molecule has 118 valence electrons. The maximum Gasteiger partial charge on any atom is 0.246 e. The fourth-order valence-corrected chi connectivity index (χ4v) is 3.01. The van der Waals surface area contributed by atoms with Gasteiger partial charge < -0.3 is 19.9 Å². The van der Waals surface area contributed by atoms with Crippen LogP contribution in [0.25, 0.3) is 0 Å². The van der Waals surface area contributed by atoms with Crippen LogP contribution in [0.4, 0.5) is 5.69 Å². The molecule has 2 saturated heterocycles. The second-order valence-electron chi connectivity index (χ2n) is 5.65. The van der Waals surface area contributed by atoms with Crippen molar-refractivity contribution in [3.05, 3.63) is 24.3 Å². The van der Waals surface area contributed by atoms with Gasteiger partial charge in [-0.2, -0.15) is 0 Å². The zero-order valence-electron chi connectivity index (χ0n) is 12.7. The van der Waals surface area contributed by atoms with Gasteiger partial charge >= 0.3 is 0 Å². The zero-order chi connectivity index (χ0) is 15.5. The Morgan fingerprint density at radius 3 is 2.64 bits per heavy atom. The van der Waals surface area contributed by atoms with Gasteiger partial charge in [-0.25, -0.2) is 0 Å². The molecular formula is C16H21N3O3. The van der Waals surface area contributed by atoms with Gasteiger partial charge in [0.15, 0.2) is 0 Å². The number of hydrogen-bond donors (Lipinski definition) is 1. The van der Waals surface area contributed by atoms with Crippen LogP contribution >= 0.6 is 0 Å². The molecule has 1 aromatic rings. The second-order valence-corrected chi connectivity index (χ2v) is 5.65. The number of benzene rings is 1. The van der Waals surface area contributed by atoms with Crippen molar-refractivity contribution in [2.45, 2.75) is 18.9 Å². The third-order valence-electron chi connectivity index (χ3n) is 4.27. The molecule has 6 heteroatoms. The maximum absolute atomic E-state index is 12.4. The van der Waals surface area contributed by atoms with E-state index in [2.05, 4.69) is 5.32 Å². The van der Waals surface area contributed by atoms with Crippen molar-refractivity contribution < 1.29 is 14.3 Å². The smallest absolute Gasteiger partial charge is 0.246 e. The highest BCUT2D eigenvalue weighted by Crippen LogP contribution is 2.21. The maximum atomic E-state index is 12.4. The van der Waals surface area contributed by atoms with Gasteiger partial charge in [-0.1, -0.05) is 0 Å². The van der Waals surface area contributed by atoms with Gasteiger partial charge in [0, 0.05) is 18.8 Å². The lowest BCUT2D eigenvalue weighted by Crippen LogP contribution is -2.55. The molecule has 2 heterocycles. The summed E-state index contributed by atoms with van der Waals surface area (Å²) in [6.45, 7) is 2.15. The highest BCUT2D eigenvalue weighted by atomic mass is 16.5. The molecule has 0 saturated carbocycles. The largest absolute Gasteiger partial charge is 0.497 e. The van der Waals surface area contributed by atoms with Crippen molar-refractivity contribution in [1.82, 2.24) is 10.2 Å². The van der Waals surface area contributed by atoms with Crippen LogP contribution in [0.1, 0.15) is 12.8 Å². The number of anilines is 1. The molecule has 3 rings (SSSR count). The molecule has 0 bridgehead atoms. The molecule has 2 fully saturated rings. The van der Waals surface area contributed by atoms with Crippen molar-refractivity contribution in [2.24, 2.45) is 0 Å². The fourth-order valence-electron chi connectivity index (χ4n) is 3.01. The Hall–Kier alpha value is -2.08. The molecule has 0 aliphatic carbocycles. The third kappa shape index (κ3) is 2.92. The van der Waals surface area contributed by atoms with Crippen molar-refractivity contribution >= 4 is 17.5 Å².